The number of carbonyl (C=O) groups is 3. The molecule has 1 aromatic carbocycles. The van der Waals surface area contributed by atoms with Crippen molar-refractivity contribution < 1.29 is 24.2 Å². The molecule has 0 spiro atoms. The quantitative estimate of drug-likeness (QED) is 0.457. The number of carbonyl (C=O) groups excluding carboxylic acids is 3. The number of alkyl carbamates (subject to hydrolysis) is 1. The van der Waals surface area contributed by atoms with Crippen LogP contribution in [0.5, 0.6) is 0 Å². The van der Waals surface area contributed by atoms with Gasteiger partial charge in [0.2, 0.25) is 11.8 Å². The summed E-state index contributed by atoms with van der Waals surface area (Å²) >= 11 is 0. The number of nitriles is 1. The summed E-state index contributed by atoms with van der Waals surface area (Å²) in [4.78, 5) is 34.9. The van der Waals surface area contributed by atoms with E-state index in [1.807, 2.05) is 24.3 Å². The molecule has 0 saturated carbocycles. The van der Waals surface area contributed by atoms with Crippen molar-refractivity contribution in [2.45, 2.75) is 38.5 Å². The highest BCUT2D eigenvalue weighted by atomic mass is 16.5. The van der Waals surface area contributed by atoms with Crippen LogP contribution in [0.4, 0.5) is 4.79 Å². The maximum absolute atomic E-state index is 11.9. The van der Waals surface area contributed by atoms with E-state index >= 15 is 0 Å². The lowest BCUT2D eigenvalue weighted by molar-refractivity contribution is -0.129. The van der Waals surface area contributed by atoms with Crippen LogP contribution >= 0.6 is 0 Å². The smallest absolute Gasteiger partial charge is 0.407 e. The molecular weight excluding hydrogens is 352 g/mol. The van der Waals surface area contributed by atoms with E-state index in [1.165, 1.54) is 0 Å². The SMILES string of the molecule is C[C@@H](CC#N)[C@@H](NC(=O)C[C@H](O)CNC(=O)OCc1ccccc1)C(N)=O. The molecule has 9 nitrogen and oxygen atoms in total. The number of hydrogen-bond donors (Lipinski definition) is 4. The molecule has 0 aliphatic carbocycles. The molecule has 0 bridgehead atoms. The van der Waals surface area contributed by atoms with Crippen molar-refractivity contribution in [3.8, 4) is 6.07 Å². The van der Waals surface area contributed by atoms with Crippen LogP contribution in [0.2, 0.25) is 0 Å². The number of primary amides is 1. The third-order valence-electron chi connectivity index (χ3n) is 3.72. The Morgan fingerprint density at radius 2 is 1.96 bits per heavy atom. The summed E-state index contributed by atoms with van der Waals surface area (Å²) in [6.07, 6.45) is -2.20. The average molecular weight is 376 g/mol. The van der Waals surface area contributed by atoms with Crippen molar-refractivity contribution in [1.82, 2.24) is 10.6 Å². The Balaban J connectivity index is 2.34. The number of benzene rings is 1. The fourth-order valence-corrected chi connectivity index (χ4v) is 2.25. The summed E-state index contributed by atoms with van der Waals surface area (Å²) in [5, 5.41) is 23.3. The number of nitrogens with zero attached hydrogens (tertiary/aromatic N) is 1. The monoisotopic (exact) mass is 376 g/mol. The van der Waals surface area contributed by atoms with E-state index in [0.29, 0.717) is 0 Å². The summed E-state index contributed by atoms with van der Waals surface area (Å²) in [5.74, 6) is -1.83. The molecule has 0 radical (unpaired) electrons. The fraction of sp³-hybridized carbons (Fsp3) is 0.444. The number of ether oxygens (including phenoxy) is 1. The van der Waals surface area contributed by atoms with Gasteiger partial charge in [-0.05, 0) is 11.5 Å². The summed E-state index contributed by atoms with van der Waals surface area (Å²) < 4.78 is 4.98. The van der Waals surface area contributed by atoms with Gasteiger partial charge < -0.3 is 26.2 Å². The maximum atomic E-state index is 11.9. The Labute approximate surface area is 157 Å². The molecule has 0 fully saturated rings. The number of nitrogens with one attached hydrogen (secondary N) is 2. The van der Waals surface area contributed by atoms with E-state index < -0.39 is 36.0 Å². The zero-order valence-corrected chi connectivity index (χ0v) is 15.1. The Kier molecular flexibility index (Phi) is 9.33. The number of amides is 3. The molecule has 9 heteroatoms. The largest absolute Gasteiger partial charge is 0.445 e. The minimum Gasteiger partial charge on any atom is -0.445 e. The van der Waals surface area contributed by atoms with Crippen molar-refractivity contribution in [3.05, 3.63) is 35.9 Å². The lowest BCUT2D eigenvalue weighted by Gasteiger charge is -2.21. The number of aliphatic hydroxyl groups excluding tert-OH is 1. The van der Waals surface area contributed by atoms with Gasteiger partial charge in [0, 0.05) is 13.0 Å². The Morgan fingerprint density at radius 3 is 2.56 bits per heavy atom. The van der Waals surface area contributed by atoms with Crippen LogP contribution in [0.3, 0.4) is 0 Å². The highest BCUT2D eigenvalue weighted by molar-refractivity contribution is 5.87. The predicted molar refractivity (Wildman–Crippen MR) is 95.8 cm³/mol. The molecule has 0 heterocycles. The van der Waals surface area contributed by atoms with Gasteiger partial charge in [-0.25, -0.2) is 4.79 Å². The molecule has 3 amide bonds. The molecule has 0 aliphatic heterocycles. The standard InChI is InChI=1S/C18H24N4O5/c1-12(7-8-19)16(17(20)25)22-15(24)9-14(23)10-21-18(26)27-11-13-5-3-2-4-6-13/h2-6,12,14,16,23H,7,9-11H2,1H3,(H2,20,25)(H,21,26)(H,22,24)/t12-,14-,16+/m0/s1. The lowest BCUT2D eigenvalue weighted by Crippen LogP contribution is -2.49. The van der Waals surface area contributed by atoms with Gasteiger partial charge in [-0.1, -0.05) is 37.3 Å². The Bertz CT molecular complexity index is 674. The van der Waals surface area contributed by atoms with Crippen LogP contribution in [0.25, 0.3) is 0 Å². The van der Waals surface area contributed by atoms with E-state index in [0.717, 1.165) is 5.56 Å². The van der Waals surface area contributed by atoms with Crippen LogP contribution in [0.1, 0.15) is 25.3 Å². The third kappa shape index (κ3) is 8.69. The molecule has 146 valence electrons. The van der Waals surface area contributed by atoms with Gasteiger partial charge in [0.15, 0.2) is 0 Å². The van der Waals surface area contributed by atoms with Crippen molar-refractivity contribution in [1.29, 1.82) is 5.26 Å². The van der Waals surface area contributed by atoms with E-state index in [9.17, 15) is 19.5 Å². The molecule has 27 heavy (non-hydrogen) atoms. The zero-order chi connectivity index (χ0) is 20.2. The molecule has 3 atom stereocenters. The Morgan fingerprint density at radius 1 is 1.30 bits per heavy atom. The normalized spacial score (nSPS) is 13.5. The molecule has 0 aliphatic rings. The summed E-state index contributed by atoms with van der Waals surface area (Å²) in [6, 6.07) is 9.97. The summed E-state index contributed by atoms with van der Waals surface area (Å²) in [6.45, 7) is 1.50. The Hall–Kier alpha value is -3.12. The lowest BCUT2D eigenvalue weighted by atomic mass is 9.98. The third-order valence-corrected chi connectivity index (χ3v) is 3.72. The van der Waals surface area contributed by atoms with Gasteiger partial charge in [0.25, 0.3) is 0 Å². The second-order valence-electron chi connectivity index (χ2n) is 6.09. The number of aliphatic hydroxyl groups is 1. The fourth-order valence-electron chi connectivity index (χ4n) is 2.25. The highest BCUT2D eigenvalue weighted by Crippen LogP contribution is 2.08. The van der Waals surface area contributed by atoms with Gasteiger partial charge in [-0.3, -0.25) is 9.59 Å². The van der Waals surface area contributed by atoms with E-state index in [-0.39, 0.29) is 26.0 Å². The first-order valence-corrected chi connectivity index (χ1v) is 8.41. The highest BCUT2D eigenvalue weighted by Gasteiger charge is 2.25. The van der Waals surface area contributed by atoms with E-state index in [2.05, 4.69) is 10.6 Å². The predicted octanol–water partition coefficient (Wildman–Crippen LogP) is 0.184. The molecule has 1 rings (SSSR count). The van der Waals surface area contributed by atoms with Gasteiger partial charge in [-0.2, -0.15) is 5.26 Å². The van der Waals surface area contributed by atoms with Crippen molar-refractivity contribution in [3.63, 3.8) is 0 Å². The van der Waals surface area contributed by atoms with Crippen LogP contribution in [-0.2, 0) is 20.9 Å². The second-order valence-corrected chi connectivity index (χ2v) is 6.09. The molecular formula is C18H24N4O5. The van der Waals surface area contributed by atoms with Crippen molar-refractivity contribution in [2.24, 2.45) is 11.7 Å². The zero-order valence-electron chi connectivity index (χ0n) is 15.1. The molecule has 0 aromatic heterocycles. The molecule has 1 aromatic rings. The summed E-state index contributed by atoms with van der Waals surface area (Å²) in [5.41, 5.74) is 6.04. The van der Waals surface area contributed by atoms with Crippen LogP contribution in [-0.4, -0.2) is 41.7 Å². The van der Waals surface area contributed by atoms with Crippen LogP contribution in [0, 0.1) is 17.2 Å². The van der Waals surface area contributed by atoms with Gasteiger partial charge >= 0.3 is 6.09 Å². The molecule has 0 unspecified atom stereocenters. The van der Waals surface area contributed by atoms with Crippen molar-refractivity contribution in [2.75, 3.05) is 6.54 Å². The first-order valence-electron chi connectivity index (χ1n) is 8.41. The van der Waals surface area contributed by atoms with Gasteiger partial charge in [-0.15, -0.1) is 0 Å². The first kappa shape index (κ1) is 21.9. The van der Waals surface area contributed by atoms with Gasteiger partial charge in [0.1, 0.15) is 12.6 Å². The first-order chi connectivity index (χ1) is 12.8. The average Bonchev–Trinajstić information content (AvgIpc) is 2.63. The topological polar surface area (TPSA) is 155 Å². The number of rotatable bonds is 10. The minimum absolute atomic E-state index is 0.0469. The number of hydrogen-bond acceptors (Lipinski definition) is 6. The van der Waals surface area contributed by atoms with Gasteiger partial charge in [0.05, 0.1) is 18.6 Å². The molecule has 0 saturated heterocycles. The number of nitrogens with two attached hydrogens (primary N) is 1. The van der Waals surface area contributed by atoms with E-state index in [4.69, 9.17) is 15.7 Å². The molecule has 5 N–H and O–H groups in total. The van der Waals surface area contributed by atoms with Crippen LogP contribution < -0.4 is 16.4 Å². The second kappa shape index (κ2) is 11.5. The van der Waals surface area contributed by atoms with Crippen molar-refractivity contribution >= 4 is 17.9 Å². The van der Waals surface area contributed by atoms with E-state index in [1.54, 1.807) is 19.1 Å². The summed E-state index contributed by atoms with van der Waals surface area (Å²) in [7, 11) is 0. The van der Waals surface area contributed by atoms with Crippen LogP contribution in [0.15, 0.2) is 30.3 Å². The minimum atomic E-state index is -1.17. The maximum Gasteiger partial charge on any atom is 0.407 e.